The molecule has 18 heavy (non-hydrogen) atoms. The zero-order chi connectivity index (χ0) is 13.0. The van der Waals surface area contributed by atoms with Crippen LogP contribution >= 0.6 is 0 Å². The maximum Gasteiger partial charge on any atom is 0.133 e. The summed E-state index contributed by atoms with van der Waals surface area (Å²) < 4.78 is 0. The highest BCUT2D eigenvalue weighted by atomic mass is 15.1. The Kier molecular flexibility index (Phi) is 4.15. The molecule has 0 bridgehead atoms. The van der Waals surface area contributed by atoms with E-state index in [1.165, 1.54) is 16.3 Å². The third-order valence-electron chi connectivity index (χ3n) is 3.10. The fourth-order valence-electron chi connectivity index (χ4n) is 2.11. The SMILES string of the molecule is Cc1cccc2c(NCCCN(C)C)nccc12. The Bertz CT molecular complexity index is 520. The van der Waals surface area contributed by atoms with E-state index >= 15 is 0 Å². The quantitative estimate of drug-likeness (QED) is 0.818. The highest BCUT2D eigenvalue weighted by Gasteiger charge is 2.03. The fraction of sp³-hybridized carbons (Fsp3) is 0.400. The molecule has 0 saturated heterocycles. The average Bonchev–Trinajstić information content (AvgIpc) is 2.35. The number of hydrogen-bond acceptors (Lipinski definition) is 3. The number of hydrogen-bond donors (Lipinski definition) is 1. The number of anilines is 1. The van der Waals surface area contributed by atoms with Crippen molar-refractivity contribution in [1.82, 2.24) is 9.88 Å². The van der Waals surface area contributed by atoms with Gasteiger partial charge in [-0.1, -0.05) is 18.2 Å². The van der Waals surface area contributed by atoms with Gasteiger partial charge in [0, 0.05) is 18.1 Å². The van der Waals surface area contributed by atoms with Crippen molar-refractivity contribution in [2.45, 2.75) is 13.3 Å². The van der Waals surface area contributed by atoms with Gasteiger partial charge >= 0.3 is 0 Å². The van der Waals surface area contributed by atoms with Crippen LogP contribution in [0.3, 0.4) is 0 Å². The van der Waals surface area contributed by atoms with E-state index in [1.54, 1.807) is 0 Å². The number of pyridine rings is 1. The van der Waals surface area contributed by atoms with Gasteiger partial charge in [0.15, 0.2) is 0 Å². The van der Waals surface area contributed by atoms with Crippen LogP contribution in [-0.2, 0) is 0 Å². The van der Waals surface area contributed by atoms with Gasteiger partial charge in [0.1, 0.15) is 5.82 Å². The molecule has 0 saturated carbocycles. The molecule has 1 aromatic heterocycles. The van der Waals surface area contributed by atoms with E-state index < -0.39 is 0 Å². The molecular formula is C15H21N3. The first-order valence-corrected chi connectivity index (χ1v) is 6.41. The van der Waals surface area contributed by atoms with E-state index in [2.05, 4.69) is 60.5 Å². The molecule has 2 aromatic rings. The molecule has 3 nitrogen and oxygen atoms in total. The Morgan fingerprint density at radius 1 is 1.17 bits per heavy atom. The van der Waals surface area contributed by atoms with Crippen LogP contribution in [0.1, 0.15) is 12.0 Å². The second-order valence-corrected chi connectivity index (χ2v) is 4.91. The summed E-state index contributed by atoms with van der Waals surface area (Å²) in [5.74, 6) is 0.995. The van der Waals surface area contributed by atoms with Crippen LogP contribution in [-0.4, -0.2) is 37.1 Å². The van der Waals surface area contributed by atoms with Crippen molar-refractivity contribution in [2.24, 2.45) is 0 Å². The monoisotopic (exact) mass is 243 g/mol. The lowest BCUT2D eigenvalue weighted by atomic mass is 10.1. The molecule has 1 heterocycles. The minimum atomic E-state index is 0.957. The van der Waals surface area contributed by atoms with Gasteiger partial charge in [-0.05, 0) is 51.0 Å². The van der Waals surface area contributed by atoms with Crippen molar-refractivity contribution in [3.63, 3.8) is 0 Å². The molecule has 0 fully saturated rings. The van der Waals surface area contributed by atoms with Gasteiger partial charge in [0.05, 0.1) is 0 Å². The topological polar surface area (TPSA) is 28.2 Å². The van der Waals surface area contributed by atoms with Crippen LogP contribution in [0.15, 0.2) is 30.5 Å². The first-order chi connectivity index (χ1) is 8.68. The number of fused-ring (bicyclic) bond motifs is 1. The summed E-state index contributed by atoms with van der Waals surface area (Å²) >= 11 is 0. The van der Waals surface area contributed by atoms with E-state index in [0.717, 1.165) is 25.3 Å². The van der Waals surface area contributed by atoms with E-state index in [1.807, 2.05) is 6.20 Å². The zero-order valence-electron chi connectivity index (χ0n) is 11.4. The first-order valence-electron chi connectivity index (χ1n) is 6.41. The van der Waals surface area contributed by atoms with Crippen LogP contribution in [0, 0.1) is 6.92 Å². The Balaban J connectivity index is 2.11. The Morgan fingerprint density at radius 3 is 2.78 bits per heavy atom. The Labute approximate surface area is 109 Å². The summed E-state index contributed by atoms with van der Waals surface area (Å²) in [5, 5.41) is 5.92. The third-order valence-corrected chi connectivity index (χ3v) is 3.10. The number of benzene rings is 1. The maximum absolute atomic E-state index is 4.44. The van der Waals surface area contributed by atoms with Crippen LogP contribution in [0.25, 0.3) is 10.8 Å². The number of nitrogens with one attached hydrogen (secondary N) is 1. The van der Waals surface area contributed by atoms with Crippen molar-refractivity contribution in [3.8, 4) is 0 Å². The number of aryl methyl sites for hydroxylation is 1. The normalized spacial score (nSPS) is 11.1. The van der Waals surface area contributed by atoms with Gasteiger partial charge in [-0.2, -0.15) is 0 Å². The molecule has 0 unspecified atom stereocenters. The molecule has 0 aliphatic rings. The van der Waals surface area contributed by atoms with Crippen molar-refractivity contribution in [1.29, 1.82) is 0 Å². The van der Waals surface area contributed by atoms with Crippen molar-refractivity contribution < 1.29 is 0 Å². The van der Waals surface area contributed by atoms with E-state index in [4.69, 9.17) is 0 Å². The molecule has 96 valence electrons. The maximum atomic E-state index is 4.44. The minimum absolute atomic E-state index is 0.957. The van der Waals surface area contributed by atoms with E-state index in [-0.39, 0.29) is 0 Å². The number of rotatable bonds is 5. The molecule has 0 amide bonds. The lowest BCUT2D eigenvalue weighted by Gasteiger charge is -2.12. The highest BCUT2D eigenvalue weighted by Crippen LogP contribution is 2.23. The summed E-state index contributed by atoms with van der Waals surface area (Å²) in [5.41, 5.74) is 1.30. The van der Waals surface area contributed by atoms with Crippen LogP contribution in [0.5, 0.6) is 0 Å². The van der Waals surface area contributed by atoms with Gasteiger partial charge in [0.2, 0.25) is 0 Å². The summed E-state index contributed by atoms with van der Waals surface area (Å²) in [6.07, 6.45) is 3.00. The Hall–Kier alpha value is -1.61. The molecule has 0 atom stereocenters. The van der Waals surface area contributed by atoms with E-state index in [9.17, 15) is 0 Å². The molecule has 2 rings (SSSR count). The largest absolute Gasteiger partial charge is 0.370 e. The van der Waals surface area contributed by atoms with Crippen LogP contribution in [0.2, 0.25) is 0 Å². The molecule has 0 spiro atoms. The van der Waals surface area contributed by atoms with Gasteiger partial charge in [-0.25, -0.2) is 4.98 Å². The number of aromatic nitrogens is 1. The Morgan fingerprint density at radius 2 is 2.00 bits per heavy atom. The van der Waals surface area contributed by atoms with Crippen molar-refractivity contribution in [2.75, 3.05) is 32.5 Å². The zero-order valence-corrected chi connectivity index (χ0v) is 11.4. The predicted molar refractivity (Wildman–Crippen MR) is 78.1 cm³/mol. The van der Waals surface area contributed by atoms with Gasteiger partial charge in [-0.3, -0.25) is 0 Å². The predicted octanol–water partition coefficient (Wildman–Crippen LogP) is 2.91. The van der Waals surface area contributed by atoms with Crippen molar-refractivity contribution in [3.05, 3.63) is 36.0 Å². The summed E-state index contributed by atoms with van der Waals surface area (Å²) in [6.45, 7) is 4.19. The molecule has 1 aromatic carbocycles. The van der Waals surface area contributed by atoms with Gasteiger partial charge < -0.3 is 10.2 Å². The smallest absolute Gasteiger partial charge is 0.133 e. The van der Waals surface area contributed by atoms with Crippen molar-refractivity contribution >= 4 is 16.6 Å². The summed E-state index contributed by atoms with van der Waals surface area (Å²) in [6, 6.07) is 8.43. The minimum Gasteiger partial charge on any atom is -0.370 e. The molecule has 0 aliphatic heterocycles. The number of nitrogens with zero attached hydrogens (tertiary/aromatic N) is 2. The second-order valence-electron chi connectivity index (χ2n) is 4.91. The first kappa shape index (κ1) is 12.8. The van der Waals surface area contributed by atoms with Crippen LogP contribution in [0.4, 0.5) is 5.82 Å². The molecular weight excluding hydrogens is 222 g/mol. The van der Waals surface area contributed by atoms with E-state index in [0.29, 0.717) is 0 Å². The lowest BCUT2D eigenvalue weighted by Crippen LogP contribution is -2.16. The lowest BCUT2D eigenvalue weighted by molar-refractivity contribution is 0.405. The highest BCUT2D eigenvalue weighted by molar-refractivity contribution is 5.93. The third kappa shape index (κ3) is 2.99. The molecule has 1 N–H and O–H groups in total. The standard InChI is InChI=1S/C15H21N3/c1-12-6-4-7-14-13(12)8-10-17-15(14)16-9-5-11-18(2)3/h4,6-8,10H,5,9,11H2,1-3H3,(H,16,17). The average molecular weight is 243 g/mol. The van der Waals surface area contributed by atoms with Crippen LogP contribution < -0.4 is 5.32 Å². The molecule has 0 radical (unpaired) electrons. The fourth-order valence-corrected chi connectivity index (χ4v) is 2.11. The van der Waals surface area contributed by atoms with Gasteiger partial charge in [0.25, 0.3) is 0 Å². The van der Waals surface area contributed by atoms with Gasteiger partial charge in [-0.15, -0.1) is 0 Å². The summed E-state index contributed by atoms with van der Waals surface area (Å²) in [4.78, 5) is 6.64. The molecule has 0 aliphatic carbocycles. The second kappa shape index (κ2) is 5.83. The summed E-state index contributed by atoms with van der Waals surface area (Å²) in [7, 11) is 4.19. The molecule has 3 heteroatoms.